The second-order valence-electron chi connectivity index (χ2n) is 9.49. The van der Waals surface area contributed by atoms with Crippen LogP contribution in [0.3, 0.4) is 0 Å². The first-order chi connectivity index (χ1) is 15.1. The second kappa shape index (κ2) is 7.99. The van der Waals surface area contributed by atoms with Gasteiger partial charge in [-0.2, -0.15) is 0 Å². The molecule has 2 aliphatic carbocycles. The first-order valence-corrected chi connectivity index (χ1v) is 10.5. The Morgan fingerprint density at radius 1 is 0.485 bits per heavy atom. The Kier molecular flexibility index (Phi) is 6.32. The molecule has 0 spiro atoms. The minimum Gasteiger partial charge on any atom is -0.481 e. The summed E-state index contributed by atoms with van der Waals surface area (Å²) < 4.78 is 0. The van der Waals surface area contributed by atoms with Gasteiger partial charge < -0.3 is 30.6 Å². The maximum atomic E-state index is 12.9. The zero-order valence-electron chi connectivity index (χ0n) is 18.3. The molecule has 0 radical (unpaired) electrons. The van der Waals surface area contributed by atoms with Crippen LogP contribution in [0.2, 0.25) is 0 Å². The van der Waals surface area contributed by atoms with Crippen molar-refractivity contribution in [3.8, 4) is 0 Å². The third-order valence-electron chi connectivity index (χ3n) is 8.49. The number of rotatable bonds is 8. The predicted octanol–water partition coefficient (Wildman–Crippen LogP) is 1.61. The molecule has 12 heteroatoms. The van der Waals surface area contributed by atoms with E-state index in [1.807, 2.05) is 0 Å². The van der Waals surface area contributed by atoms with Gasteiger partial charge in [-0.05, 0) is 25.7 Å². The third-order valence-corrected chi connectivity index (χ3v) is 8.49. The van der Waals surface area contributed by atoms with Crippen LogP contribution in [0.25, 0.3) is 0 Å². The summed E-state index contributed by atoms with van der Waals surface area (Å²) in [7, 11) is 0. The number of hydrogen-bond acceptors (Lipinski definition) is 6. The number of carbonyl (C=O) groups is 6. The topological polar surface area (TPSA) is 224 Å². The Morgan fingerprint density at radius 2 is 0.727 bits per heavy atom. The van der Waals surface area contributed by atoms with Gasteiger partial charge >= 0.3 is 35.8 Å². The van der Waals surface area contributed by atoms with E-state index in [1.165, 1.54) is 0 Å². The normalized spacial score (nSPS) is 28.9. The molecule has 0 saturated heterocycles. The summed E-state index contributed by atoms with van der Waals surface area (Å²) in [5, 5.41) is 61.0. The SMILES string of the molecule is CC(C)(C1(C(=O)O)CCCCC1(C(=O)O)C(=O)O)C1(C(=O)O)CCCCC1(C(=O)O)C(=O)O. The van der Waals surface area contributed by atoms with Gasteiger partial charge in [0.1, 0.15) is 10.8 Å². The van der Waals surface area contributed by atoms with Crippen LogP contribution in [0, 0.1) is 27.1 Å². The van der Waals surface area contributed by atoms with E-state index in [0.717, 1.165) is 13.8 Å². The van der Waals surface area contributed by atoms with Gasteiger partial charge in [-0.3, -0.25) is 28.8 Å². The highest BCUT2D eigenvalue weighted by molar-refractivity contribution is 6.07. The van der Waals surface area contributed by atoms with Crippen LogP contribution in [0.15, 0.2) is 0 Å². The Balaban J connectivity index is 3.15. The van der Waals surface area contributed by atoms with E-state index >= 15 is 0 Å². The molecule has 0 aromatic heterocycles. The second-order valence-corrected chi connectivity index (χ2v) is 9.49. The van der Waals surface area contributed by atoms with Gasteiger partial charge in [0.05, 0.1) is 0 Å². The molecule has 2 aliphatic rings. The Labute approximate surface area is 188 Å². The summed E-state index contributed by atoms with van der Waals surface area (Å²) in [6.45, 7) is 1.99. The average molecular weight is 472 g/mol. The maximum Gasteiger partial charge on any atom is 0.322 e. The number of carboxylic acids is 6. The highest BCUT2D eigenvalue weighted by Crippen LogP contribution is 2.72. The molecule has 0 aliphatic heterocycles. The van der Waals surface area contributed by atoms with E-state index < -0.39 is 88.6 Å². The summed E-state index contributed by atoms with van der Waals surface area (Å²) >= 11 is 0. The van der Waals surface area contributed by atoms with Gasteiger partial charge in [0.2, 0.25) is 0 Å². The molecule has 0 bridgehead atoms. The van der Waals surface area contributed by atoms with Gasteiger partial charge in [0.15, 0.2) is 10.8 Å². The molecule has 0 aromatic carbocycles. The van der Waals surface area contributed by atoms with Crippen molar-refractivity contribution in [1.29, 1.82) is 0 Å². The van der Waals surface area contributed by atoms with Crippen molar-refractivity contribution in [2.75, 3.05) is 0 Å². The van der Waals surface area contributed by atoms with Crippen LogP contribution >= 0.6 is 0 Å². The minimum atomic E-state index is -3.01. The van der Waals surface area contributed by atoms with Gasteiger partial charge in [-0.25, -0.2) is 0 Å². The summed E-state index contributed by atoms with van der Waals surface area (Å²) in [6, 6.07) is 0. The van der Waals surface area contributed by atoms with Gasteiger partial charge in [-0.15, -0.1) is 0 Å². The zero-order chi connectivity index (χ0) is 25.6. The molecule has 33 heavy (non-hydrogen) atoms. The van der Waals surface area contributed by atoms with Crippen molar-refractivity contribution in [2.24, 2.45) is 27.1 Å². The molecule has 0 aromatic rings. The summed E-state index contributed by atoms with van der Waals surface area (Å²) in [4.78, 5) is 75.6. The van der Waals surface area contributed by atoms with Crippen molar-refractivity contribution < 1.29 is 59.4 Å². The number of carboxylic acid groups (broad SMARTS) is 6. The third kappa shape index (κ3) is 2.75. The first kappa shape index (κ1) is 26.1. The number of hydrogen-bond donors (Lipinski definition) is 6. The van der Waals surface area contributed by atoms with E-state index in [1.54, 1.807) is 0 Å². The van der Waals surface area contributed by atoms with Crippen LogP contribution < -0.4 is 0 Å². The fraction of sp³-hybridized carbons (Fsp3) is 0.714. The van der Waals surface area contributed by atoms with Crippen LogP contribution in [0.5, 0.6) is 0 Å². The summed E-state index contributed by atoms with van der Waals surface area (Å²) in [6.07, 6.45) is -2.36. The lowest BCUT2D eigenvalue weighted by atomic mass is 9.35. The molecule has 0 heterocycles. The molecule has 2 atom stereocenters. The Hall–Kier alpha value is -3.18. The first-order valence-electron chi connectivity index (χ1n) is 10.5. The molecule has 2 fully saturated rings. The maximum absolute atomic E-state index is 12.9. The monoisotopic (exact) mass is 472 g/mol. The fourth-order valence-corrected chi connectivity index (χ4v) is 6.92. The predicted molar refractivity (Wildman–Crippen MR) is 106 cm³/mol. The van der Waals surface area contributed by atoms with Gasteiger partial charge in [-0.1, -0.05) is 39.5 Å². The quantitative estimate of drug-likeness (QED) is 0.277. The van der Waals surface area contributed by atoms with E-state index in [9.17, 15) is 59.4 Å². The zero-order valence-corrected chi connectivity index (χ0v) is 18.3. The highest BCUT2D eigenvalue weighted by Gasteiger charge is 2.83. The van der Waals surface area contributed by atoms with Crippen molar-refractivity contribution in [3.05, 3.63) is 0 Å². The van der Waals surface area contributed by atoms with E-state index in [2.05, 4.69) is 0 Å². The molecular weight excluding hydrogens is 444 g/mol. The van der Waals surface area contributed by atoms with Crippen molar-refractivity contribution >= 4 is 35.8 Å². The molecule has 2 saturated carbocycles. The van der Waals surface area contributed by atoms with E-state index in [-0.39, 0.29) is 25.7 Å². The summed E-state index contributed by atoms with van der Waals surface area (Å²) in [5.74, 6) is -11.9. The molecule has 6 N–H and O–H groups in total. The largest absolute Gasteiger partial charge is 0.481 e. The van der Waals surface area contributed by atoms with E-state index in [0.29, 0.717) is 0 Å². The van der Waals surface area contributed by atoms with Gasteiger partial charge in [0.25, 0.3) is 0 Å². The van der Waals surface area contributed by atoms with Crippen molar-refractivity contribution in [2.45, 2.75) is 65.2 Å². The smallest absolute Gasteiger partial charge is 0.322 e. The van der Waals surface area contributed by atoms with E-state index in [4.69, 9.17) is 0 Å². The summed E-state index contributed by atoms with van der Waals surface area (Å²) in [5.41, 5.74) is -14.1. The lowest BCUT2D eigenvalue weighted by molar-refractivity contribution is -0.243. The van der Waals surface area contributed by atoms with Crippen LogP contribution in [0.1, 0.15) is 65.2 Å². The van der Waals surface area contributed by atoms with Gasteiger partial charge in [0, 0.05) is 5.41 Å². The minimum absolute atomic E-state index is 0.0206. The number of aliphatic carboxylic acids is 6. The molecule has 0 amide bonds. The van der Waals surface area contributed by atoms with Crippen LogP contribution in [-0.4, -0.2) is 66.5 Å². The lowest BCUT2D eigenvalue weighted by Crippen LogP contribution is -2.74. The van der Waals surface area contributed by atoms with Crippen molar-refractivity contribution in [1.82, 2.24) is 0 Å². The van der Waals surface area contributed by atoms with Crippen LogP contribution in [0.4, 0.5) is 0 Å². The van der Waals surface area contributed by atoms with Crippen LogP contribution in [-0.2, 0) is 28.8 Å². The van der Waals surface area contributed by atoms with Crippen molar-refractivity contribution in [3.63, 3.8) is 0 Å². The average Bonchev–Trinajstić information content (AvgIpc) is 2.71. The lowest BCUT2D eigenvalue weighted by Gasteiger charge is -2.63. The molecule has 2 rings (SSSR count). The standard InChI is InChI=1S/C21H28O12/c1-17(2,20(15(30)31)9-5-3-7-18(20,11(22)23)12(24)25)21(16(32)33)10-6-4-8-19(21,13(26)27)14(28)29/h3-10H2,1-2H3,(H,22,23)(H,24,25)(H,26,27)(H,28,29)(H,30,31)(H,32,33). The highest BCUT2D eigenvalue weighted by atomic mass is 16.4. The Bertz CT molecular complexity index is 818. The molecular formula is C21H28O12. The molecule has 184 valence electrons. The molecule has 2 unspecified atom stereocenters. The molecule has 12 nitrogen and oxygen atoms in total. The fourth-order valence-electron chi connectivity index (χ4n) is 6.92. The Morgan fingerprint density at radius 3 is 0.939 bits per heavy atom.